The van der Waals surface area contributed by atoms with Crippen LogP contribution in [-0.2, 0) is 13.0 Å². The molecular formula is C7H14Cl2FN3. The topological polar surface area (TPSA) is 43.8 Å². The molecule has 0 unspecified atom stereocenters. The highest BCUT2D eigenvalue weighted by molar-refractivity contribution is 5.85. The van der Waals surface area contributed by atoms with Gasteiger partial charge in [0.25, 0.3) is 0 Å². The van der Waals surface area contributed by atoms with Crippen LogP contribution in [0.3, 0.4) is 0 Å². The van der Waals surface area contributed by atoms with E-state index in [1.54, 1.807) is 10.9 Å². The first kappa shape index (κ1) is 15.2. The minimum absolute atomic E-state index is 0. The number of alkyl halides is 1. The summed E-state index contributed by atoms with van der Waals surface area (Å²) in [4.78, 5) is 4.04. The monoisotopic (exact) mass is 229 g/mol. The Labute approximate surface area is 89.3 Å². The minimum Gasteiger partial charge on any atom is -0.335 e. The molecular weight excluding hydrogens is 216 g/mol. The fourth-order valence-corrected chi connectivity index (χ4v) is 0.903. The van der Waals surface area contributed by atoms with Gasteiger partial charge in [-0.3, -0.25) is 0 Å². The molecule has 3 nitrogen and oxygen atoms in total. The van der Waals surface area contributed by atoms with E-state index in [1.165, 1.54) is 0 Å². The Bertz CT molecular complexity index is 197. The number of aryl methyl sites for hydroxylation is 1. The number of aromatic nitrogens is 2. The van der Waals surface area contributed by atoms with Crippen LogP contribution in [0, 0.1) is 0 Å². The molecule has 0 saturated heterocycles. The van der Waals surface area contributed by atoms with Crippen molar-refractivity contribution in [3.8, 4) is 0 Å². The average molecular weight is 230 g/mol. The summed E-state index contributed by atoms with van der Waals surface area (Å²) < 4.78 is 13.5. The fourth-order valence-electron chi connectivity index (χ4n) is 0.903. The molecule has 1 heterocycles. The molecule has 0 fully saturated rings. The first-order chi connectivity index (χ1) is 5.36. The maximum atomic E-state index is 11.8. The molecule has 0 amide bonds. The van der Waals surface area contributed by atoms with Crippen molar-refractivity contribution in [2.24, 2.45) is 5.73 Å². The van der Waals surface area contributed by atoms with E-state index in [1.807, 2.05) is 6.20 Å². The summed E-state index contributed by atoms with van der Waals surface area (Å²) in [6.45, 7) is 0.628. The van der Waals surface area contributed by atoms with Crippen LogP contribution in [0.25, 0.3) is 0 Å². The van der Waals surface area contributed by atoms with Crippen molar-refractivity contribution in [2.45, 2.75) is 13.0 Å². The maximum absolute atomic E-state index is 11.8. The molecule has 0 aliphatic heterocycles. The zero-order valence-electron chi connectivity index (χ0n) is 7.15. The summed E-state index contributed by atoms with van der Waals surface area (Å²) in [5.74, 6) is 0. The first-order valence-electron chi connectivity index (χ1n) is 3.63. The molecule has 0 atom stereocenters. The van der Waals surface area contributed by atoms with Gasteiger partial charge in [-0.05, 0) is 6.54 Å². The van der Waals surface area contributed by atoms with Gasteiger partial charge in [0, 0.05) is 12.6 Å². The van der Waals surface area contributed by atoms with Crippen LogP contribution in [0.1, 0.15) is 5.69 Å². The van der Waals surface area contributed by atoms with Crippen molar-refractivity contribution in [3.05, 3.63) is 18.2 Å². The Morgan fingerprint density at radius 2 is 2.15 bits per heavy atom. The molecule has 0 aliphatic rings. The van der Waals surface area contributed by atoms with Gasteiger partial charge >= 0.3 is 0 Å². The van der Waals surface area contributed by atoms with Gasteiger partial charge in [-0.25, -0.2) is 9.37 Å². The van der Waals surface area contributed by atoms with E-state index in [9.17, 15) is 4.39 Å². The van der Waals surface area contributed by atoms with Crippen molar-refractivity contribution in [2.75, 3.05) is 13.2 Å². The van der Waals surface area contributed by atoms with Crippen molar-refractivity contribution in [3.63, 3.8) is 0 Å². The Kier molecular flexibility index (Phi) is 9.67. The van der Waals surface area contributed by atoms with Gasteiger partial charge < -0.3 is 10.3 Å². The maximum Gasteiger partial charge on any atom is 0.107 e. The van der Waals surface area contributed by atoms with Crippen LogP contribution in [0.4, 0.5) is 4.39 Å². The number of halogens is 3. The van der Waals surface area contributed by atoms with Crippen LogP contribution in [-0.4, -0.2) is 22.8 Å². The summed E-state index contributed by atoms with van der Waals surface area (Å²) in [6, 6.07) is 0. The summed E-state index contributed by atoms with van der Waals surface area (Å²) in [5.41, 5.74) is 6.25. The van der Waals surface area contributed by atoms with Crippen LogP contribution < -0.4 is 5.73 Å². The smallest absolute Gasteiger partial charge is 0.107 e. The van der Waals surface area contributed by atoms with Gasteiger partial charge in [-0.2, -0.15) is 0 Å². The third-order valence-corrected chi connectivity index (χ3v) is 1.43. The van der Waals surface area contributed by atoms with E-state index < -0.39 is 0 Å². The summed E-state index contributed by atoms with van der Waals surface area (Å²) in [7, 11) is 0. The standard InChI is InChI=1S/C7H12FN3.2ClH/c8-2-4-11-5-7(1-3-9)10-6-11;;/h5-6H,1-4,9H2;2*1H. The van der Waals surface area contributed by atoms with Gasteiger partial charge in [-0.1, -0.05) is 0 Å². The largest absolute Gasteiger partial charge is 0.335 e. The van der Waals surface area contributed by atoms with E-state index in [-0.39, 0.29) is 31.5 Å². The summed E-state index contributed by atoms with van der Waals surface area (Å²) in [6.07, 6.45) is 4.22. The van der Waals surface area contributed by atoms with E-state index >= 15 is 0 Å². The number of rotatable bonds is 4. The predicted molar refractivity (Wildman–Crippen MR) is 55.5 cm³/mol. The van der Waals surface area contributed by atoms with Crippen molar-refractivity contribution >= 4 is 24.8 Å². The zero-order chi connectivity index (χ0) is 8.10. The first-order valence-corrected chi connectivity index (χ1v) is 3.63. The van der Waals surface area contributed by atoms with Gasteiger partial charge in [-0.15, -0.1) is 24.8 Å². The lowest BCUT2D eigenvalue weighted by Crippen LogP contribution is -2.02. The predicted octanol–water partition coefficient (Wildman–Crippen LogP) is 1.20. The molecule has 1 aromatic heterocycles. The Morgan fingerprint density at radius 1 is 1.46 bits per heavy atom. The normalized spacial score (nSPS) is 8.77. The SMILES string of the molecule is Cl.Cl.NCCc1cn(CCF)cn1. The Hall–Kier alpha value is -0.320. The Balaban J connectivity index is 0. The second-order valence-electron chi connectivity index (χ2n) is 2.33. The Morgan fingerprint density at radius 3 is 2.69 bits per heavy atom. The van der Waals surface area contributed by atoms with Crippen molar-refractivity contribution in [1.29, 1.82) is 0 Å². The molecule has 0 radical (unpaired) electrons. The molecule has 0 spiro atoms. The molecule has 13 heavy (non-hydrogen) atoms. The van der Waals surface area contributed by atoms with E-state index in [0.29, 0.717) is 13.1 Å². The highest BCUT2D eigenvalue weighted by Gasteiger charge is 1.95. The number of hydrogen-bond acceptors (Lipinski definition) is 2. The average Bonchev–Trinajstić information content (AvgIpc) is 2.38. The van der Waals surface area contributed by atoms with Gasteiger partial charge in [0.1, 0.15) is 6.67 Å². The molecule has 78 valence electrons. The highest BCUT2D eigenvalue weighted by Crippen LogP contribution is 1.96. The van der Waals surface area contributed by atoms with E-state index in [2.05, 4.69) is 4.98 Å². The second-order valence-corrected chi connectivity index (χ2v) is 2.33. The van der Waals surface area contributed by atoms with Crippen molar-refractivity contribution in [1.82, 2.24) is 9.55 Å². The quantitative estimate of drug-likeness (QED) is 0.844. The van der Waals surface area contributed by atoms with Gasteiger partial charge in [0.2, 0.25) is 0 Å². The van der Waals surface area contributed by atoms with Gasteiger partial charge in [0.05, 0.1) is 18.6 Å². The number of imidazole rings is 1. The molecule has 2 N–H and O–H groups in total. The fraction of sp³-hybridized carbons (Fsp3) is 0.571. The van der Waals surface area contributed by atoms with E-state index in [0.717, 1.165) is 12.1 Å². The lowest BCUT2D eigenvalue weighted by Gasteiger charge is -1.93. The number of nitrogens with zero attached hydrogens (tertiary/aromatic N) is 2. The molecule has 0 saturated carbocycles. The summed E-state index contributed by atoms with van der Waals surface area (Å²) >= 11 is 0. The third-order valence-electron chi connectivity index (χ3n) is 1.43. The highest BCUT2D eigenvalue weighted by atomic mass is 35.5. The molecule has 1 rings (SSSR count). The van der Waals surface area contributed by atoms with Crippen LogP contribution in [0.5, 0.6) is 0 Å². The number of nitrogens with two attached hydrogens (primary N) is 1. The summed E-state index contributed by atoms with van der Waals surface area (Å²) in [5, 5.41) is 0. The third kappa shape index (κ3) is 5.08. The molecule has 1 aromatic rings. The molecule has 6 heteroatoms. The van der Waals surface area contributed by atoms with Gasteiger partial charge in [0.15, 0.2) is 0 Å². The molecule has 0 bridgehead atoms. The molecule has 0 aliphatic carbocycles. The second kappa shape index (κ2) is 8.29. The van der Waals surface area contributed by atoms with Crippen molar-refractivity contribution < 1.29 is 4.39 Å². The lowest BCUT2D eigenvalue weighted by molar-refractivity contribution is 0.445. The van der Waals surface area contributed by atoms with Crippen LogP contribution in [0.2, 0.25) is 0 Å². The molecule has 0 aromatic carbocycles. The lowest BCUT2D eigenvalue weighted by atomic mass is 10.3. The minimum atomic E-state index is -0.349. The zero-order valence-corrected chi connectivity index (χ0v) is 8.78. The van der Waals surface area contributed by atoms with E-state index in [4.69, 9.17) is 5.73 Å². The van der Waals surface area contributed by atoms with Crippen LogP contribution >= 0.6 is 24.8 Å². The number of hydrogen-bond donors (Lipinski definition) is 1. The van der Waals surface area contributed by atoms with Crippen LogP contribution in [0.15, 0.2) is 12.5 Å².